The van der Waals surface area contributed by atoms with E-state index in [1.165, 1.54) is 0 Å². The third-order valence-corrected chi connectivity index (χ3v) is 3.25. The van der Waals surface area contributed by atoms with Gasteiger partial charge in [0, 0.05) is 12.6 Å². The molecule has 5 nitrogen and oxygen atoms in total. The Bertz CT molecular complexity index is 352. The predicted molar refractivity (Wildman–Crippen MR) is 62.4 cm³/mol. The van der Waals surface area contributed by atoms with Gasteiger partial charge >= 0.3 is 0 Å². The number of aliphatic hydroxyl groups excluding tert-OH is 1. The second-order valence-corrected chi connectivity index (χ2v) is 4.78. The van der Waals surface area contributed by atoms with E-state index in [4.69, 9.17) is 5.11 Å². The average Bonchev–Trinajstić information content (AvgIpc) is 2.63. The van der Waals surface area contributed by atoms with Gasteiger partial charge in [0.1, 0.15) is 4.88 Å². The number of amides is 1. The first-order chi connectivity index (χ1) is 7.56. The van der Waals surface area contributed by atoms with Gasteiger partial charge in [-0.25, -0.2) is 0 Å². The van der Waals surface area contributed by atoms with Gasteiger partial charge in [-0.1, -0.05) is 18.3 Å². The summed E-state index contributed by atoms with van der Waals surface area (Å²) < 4.78 is 3.72. The Labute approximate surface area is 99.0 Å². The van der Waals surface area contributed by atoms with Crippen molar-refractivity contribution in [3.63, 3.8) is 0 Å². The number of carbonyl (C=O) groups is 1. The monoisotopic (exact) mass is 243 g/mol. The van der Waals surface area contributed by atoms with Crippen molar-refractivity contribution >= 4 is 17.4 Å². The van der Waals surface area contributed by atoms with Crippen molar-refractivity contribution in [1.82, 2.24) is 14.9 Å². The molecule has 90 valence electrons. The molecule has 16 heavy (non-hydrogen) atoms. The second-order valence-electron chi connectivity index (χ2n) is 4.02. The molecule has 1 aromatic rings. The van der Waals surface area contributed by atoms with Gasteiger partial charge in [-0.15, -0.1) is 5.10 Å². The molecule has 1 aromatic heterocycles. The van der Waals surface area contributed by atoms with E-state index in [9.17, 15) is 4.79 Å². The highest BCUT2D eigenvalue weighted by Crippen LogP contribution is 2.11. The fourth-order valence-electron chi connectivity index (χ4n) is 1.38. The average molecular weight is 243 g/mol. The summed E-state index contributed by atoms with van der Waals surface area (Å²) in [6.07, 6.45) is 0.564. The van der Waals surface area contributed by atoms with Crippen LogP contribution < -0.4 is 5.32 Å². The fourth-order valence-corrected chi connectivity index (χ4v) is 1.94. The molecule has 0 saturated carbocycles. The largest absolute Gasteiger partial charge is 0.396 e. The number of nitrogens with one attached hydrogen (secondary N) is 1. The van der Waals surface area contributed by atoms with Crippen molar-refractivity contribution < 1.29 is 9.90 Å². The van der Waals surface area contributed by atoms with Crippen LogP contribution in [0.5, 0.6) is 0 Å². The Morgan fingerprint density at radius 3 is 2.69 bits per heavy atom. The van der Waals surface area contributed by atoms with Crippen molar-refractivity contribution in [2.75, 3.05) is 6.61 Å². The summed E-state index contributed by atoms with van der Waals surface area (Å²) in [6, 6.07) is -0.0148. The van der Waals surface area contributed by atoms with Gasteiger partial charge in [-0.2, -0.15) is 0 Å². The molecule has 6 heteroatoms. The number of hydrogen-bond donors (Lipinski definition) is 2. The van der Waals surface area contributed by atoms with E-state index in [0.717, 1.165) is 11.5 Å². The molecule has 1 atom stereocenters. The van der Waals surface area contributed by atoms with Crippen molar-refractivity contribution in [3.05, 3.63) is 10.6 Å². The number of nitrogens with zero attached hydrogens (tertiary/aromatic N) is 2. The molecular weight excluding hydrogens is 226 g/mol. The van der Waals surface area contributed by atoms with Crippen LogP contribution in [-0.4, -0.2) is 33.2 Å². The molecule has 1 unspecified atom stereocenters. The lowest BCUT2D eigenvalue weighted by molar-refractivity contribution is 0.0920. The first-order valence-corrected chi connectivity index (χ1v) is 6.04. The minimum Gasteiger partial charge on any atom is -0.396 e. The van der Waals surface area contributed by atoms with Crippen molar-refractivity contribution in [3.8, 4) is 0 Å². The summed E-state index contributed by atoms with van der Waals surface area (Å²) >= 11 is 1.09. The third-order valence-electron chi connectivity index (χ3n) is 2.42. The maximum Gasteiger partial charge on any atom is 0.265 e. The molecule has 0 aliphatic heterocycles. The Morgan fingerprint density at radius 2 is 2.25 bits per heavy atom. The standard InChI is InChI=1S/C10H17N3O2S/c1-6(2)8(4-5-14)11-10(15)9-7(3)12-13-16-9/h6,8,14H,4-5H2,1-3H3,(H,11,15). The summed E-state index contributed by atoms with van der Waals surface area (Å²) in [4.78, 5) is 12.4. The van der Waals surface area contributed by atoms with Gasteiger partial charge in [0.15, 0.2) is 0 Å². The summed E-state index contributed by atoms with van der Waals surface area (Å²) in [5.74, 6) is 0.136. The van der Waals surface area contributed by atoms with E-state index < -0.39 is 0 Å². The second kappa shape index (κ2) is 5.91. The molecule has 0 aliphatic carbocycles. The number of aryl methyl sites for hydroxylation is 1. The van der Waals surface area contributed by atoms with Crippen LogP contribution in [0.15, 0.2) is 0 Å². The lowest BCUT2D eigenvalue weighted by atomic mass is 10.0. The zero-order valence-corrected chi connectivity index (χ0v) is 10.5. The smallest absolute Gasteiger partial charge is 0.265 e. The summed E-state index contributed by atoms with van der Waals surface area (Å²) in [5, 5.41) is 15.6. The molecule has 0 aliphatic rings. The molecular formula is C10H17N3O2S. The molecule has 0 radical (unpaired) electrons. The van der Waals surface area contributed by atoms with Crippen LogP contribution in [0.3, 0.4) is 0 Å². The molecule has 0 aromatic carbocycles. The number of rotatable bonds is 5. The van der Waals surface area contributed by atoms with Crippen LogP contribution in [0.4, 0.5) is 0 Å². The molecule has 0 saturated heterocycles. The summed E-state index contributed by atoms with van der Waals surface area (Å²) in [5.41, 5.74) is 0.647. The normalized spacial score (nSPS) is 12.8. The van der Waals surface area contributed by atoms with E-state index in [1.807, 2.05) is 13.8 Å². The molecule has 1 rings (SSSR count). The van der Waals surface area contributed by atoms with Crippen molar-refractivity contribution in [1.29, 1.82) is 0 Å². The first-order valence-electron chi connectivity index (χ1n) is 5.27. The number of aromatic nitrogens is 2. The zero-order chi connectivity index (χ0) is 12.1. The maximum atomic E-state index is 11.9. The van der Waals surface area contributed by atoms with E-state index in [0.29, 0.717) is 17.0 Å². The highest BCUT2D eigenvalue weighted by Gasteiger charge is 2.19. The van der Waals surface area contributed by atoms with Crippen LogP contribution in [0.1, 0.15) is 35.6 Å². The molecule has 0 bridgehead atoms. The van der Waals surface area contributed by atoms with Crippen molar-refractivity contribution in [2.24, 2.45) is 5.92 Å². The molecule has 1 amide bonds. The van der Waals surface area contributed by atoms with Gasteiger partial charge in [0.2, 0.25) is 0 Å². The number of carbonyl (C=O) groups excluding carboxylic acids is 1. The Kier molecular flexibility index (Phi) is 4.82. The first kappa shape index (κ1) is 13.1. The Morgan fingerprint density at radius 1 is 1.56 bits per heavy atom. The van der Waals surface area contributed by atoms with E-state index >= 15 is 0 Å². The SMILES string of the molecule is Cc1nnsc1C(=O)NC(CCO)C(C)C. The molecule has 0 spiro atoms. The Balaban J connectivity index is 2.65. The molecule has 2 N–H and O–H groups in total. The third kappa shape index (κ3) is 3.24. The van der Waals surface area contributed by atoms with Gasteiger partial charge in [-0.05, 0) is 30.8 Å². The van der Waals surface area contributed by atoms with Gasteiger partial charge < -0.3 is 10.4 Å². The molecule has 1 heterocycles. The Hall–Kier alpha value is -1.01. The fraction of sp³-hybridized carbons (Fsp3) is 0.700. The van der Waals surface area contributed by atoms with Crippen LogP contribution in [0.2, 0.25) is 0 Å². The van der Waals surface area contributed by atoms with Gasteiger partial charge in [0.25, 0.3) is 5.91 Å². The lowest BCUT2D eigenvalue weighted by Crippen LogP contribution is -2.39. The van der Waals surface area contributed by atoms with E-state index in [-0.39, 0.29) is 24.5 Å². The van der Waals surface area contributed by atoms with Crippen LogP contribution in [0, 0.1) is 12.8 Å². The summed E-state index contributed by atoms with van der Waals surface area (Å²) in [6.45, 7) is 5.86. The van der Waals surface area contributed by atoms with Gasteiger partial charge in [0.05, 0.1) is 5.69 Å². The highest BCUT2D eigenvalue weighted by molar-refractivity contribution is 7.07. The van der Waals surface area contributed by atoms with Crippen LogP contribution in [0.25, 0.3) is 0 Å². The minimum absolute atomic E-state index is 0.0148. The minimum atomic E-state index is -0.153. The van der Waals surface area contributed by atoms with Crippen LogP contribution in [-0.2, 0) is 0 Å². The summed E-state index contributed by atoms with van der Waals surface area (Å²) in [7, 11) is 0. The number of hydrogen-bond acceptors (Lipinski definition) is 5. The molecule has 0 fully saturated rings. The predicted octanol–water partition coefficient (Wildman–Crippen LogP) is 0.983. The topological polar surface area (TPSA) is 75.1 Å². The van der Waals surface area contributed by atoms with E-state index in [1.54, 1.807) is 6.92 Å². The van der Waals surface area contributed by atoms with Crippen molar-refractivity contribution in [2.45, 2.75) is 33.2 Å². The maximum absolute atomic E-state index is 11.9. The quantitative estimate of drug-likeness (QED) is 0.808. The van der Waals surface area contributed by atoms with Gasteiger partial charge in [-0.3, -0.25) is 4.79 Å². The highest BCUT2D eigenvalue weighted by atomic mass is 32.1. The van der Waals surface area contributed by atoms with Crippen LogP contribution >= 0.6 is 11.5 Å². The lowest BCUT2D eigenvalue weighted by Gasteiger charge is -2.20. The van der Waals surface area contributed by atoms with E-state index in [2.05, 4.69) is 14.9 Å². The number of aliphatic hydroxyl groups is 1. The zero-order valence-electron chi connectivity index (χ0n) is 9.73.